The summed E-state index contributed by atoms with van der Waals surface area (Å²) in [7, 11) is 0. The number of imidazole rings is 1. The van der Waals surface area contributed by atoms with Crippen molar-refractivity contribution in [3.05, 3.63) is 56.9 Å². The van der Waals surface area contributed by atoms with Crippen molar-refractivity contribution >= 4 is 22.6 Å². The second-order valence-electron chi connectivity index (χ2n) is 6.32. The van der Waals surface area contributed by atoms with Gasteiger partial charge in [-0.25, -0.2) is 9.48 Å². The SMILES string of the molecule is CC(C(=O)Nc1ccc2[nH]c(=O)[nH]c2c1)n1nc(C2CC2)ccc1=O. The number of aromatic amines is 2. The molecule has 3 N–H and O–H groups in total. The Bertz CT molecular complexity index is 1070. The smallest absolute Gasteiger partial charge is 0.323 e. The normalized spacial score (nSPS) is 15.2. The number of nitrogens with zero attached hydrogens (tertiary/aromatic N) is 2. The van der Waals surface area contributed by atoms with Gasteiger partial charge in [0.15, 0.2) is 0 Å². The van der Waals surface area contributed by atoms with Crippen LogP contribution in [0.25, 0.3) is 11.0 Å². The molecule has 1 aliphatic carbocycles. The fourth-order valence-electron chi connectivity index (χ4n) is 2.78. The molecule has 1 aliphatic rings. The highest BCUT2D eigenvalue weighted by Gasteiger charge is 2.27. The molecule has 8 heteroatoms. The Labute approximate surface area is 141 Å². The molecule has 1 amide bonds. The van der Waals surface area contributed by atoms with Crippen molar-refractivity contribution in [2.75, 3.05) is 5.32 Å². The predicted molar refractivity (Wildman–Crippen MR) is 92.7 cm³/mol. The van der Waals surface area contributed by atoms with E-state index in [0.717, 1.165) is 18.5 Å². The lowest BCUT2D eigenvalue weighted by atomic mass is 10.2. The van der Waals surface area contributed by atoms with Gasteiger partial charge in [-0.15, -0.1) is 0 Å². The van der Waals surface area contributed by atoms with Gasteiger partial charge in [0.2, 0.25) is 5.91 Å². The van der Waals surface area contributed by atoms with E-state index in [0.29, 0.717) is 22.6 Å². The number of H-pyrrole nitrogens is 2. The predicted octanol–water partition coefficient (Wildman–Crippen LogP) is 1.49. The number of hydrogen-bond acceptors (Lipinski definition) is 4. The molecule has 1 unspecified atom stereocenters. The van der Waals surface area contributed by atoms with Crippen molar-refractivity contribution in [1.29, 1.82) is 0 Å². The number of fused-ring (bicyclic) bond motifs is 1. The second-order valence-corrected chi connectivity index (χ2v) is 6.32. The Hall–Kier alpha value is -3.16. The molecule has 0 aliphatic heterocycles. The van der Waals surface area contributed by atoms with Crippen molar-refractivity contribution in [3.63, 3.8) is 0 Å². The van der Waals surface area contributed by atoms with Gasteiger partial charge in [0.25, 0.3) is 5.56 Å². The van der Waals surface area contributed by atoms with Crippen LogP contribution in [0.15, 0.2) is 39.9 Å². The van der Waals surface area contributed by atoms with E-state index in [4.69, 9.17) is 0 Å². The van der Waals surface area contributed by atoms with Gasteiger partial charge < -0.3 is 15.3 Å². The summed E-state index contributed by atoms with van der Waals surface area (Å²) in [6.07, 6.45) is 2.14. The van der Waals surface area contributed by atoms with Crippen molar-refractivity contribution < 1.29 is 4.79 Å². The number of rotatable bonds is 4. The summed E-state index contributed by atoms with van der Waals surface area (Å²) in [5.41, 5.74) is 2.03. The average Bonchev–Trinajstić information content (AvgIpc) is 3.36. The Morgan fingerprint density at radius 3 is 2.72 bits per heavy atom. The van der Waals surface area contributed by atoms with E-state index in [-0.39, 0.29) is 17.2 Å². The lowest BCUT2D eigenvalue weighted by Crippen LogP contribution is -2.33. The molecular weight excluding hydrogens is 322 g/mol. The number of amides is 1. The van der Waals surface area contributed by atoms with Crippen LogP contribution in [0.1, 0.15) is 37.4 Å². The molecule has 3 aromatic rings. The van der Waals surface area contributed by atoms with E-state index in [9.17, 15) is 14.4 Å². The lowest BCUT2D eigenvalue weighted by Gasteiger charge is -2.15. The maximum atomic E-state index is 12.5. The molecule has 128 valence electrons. The van der Waals surface area contributed by atoms with E-state index >= 15 is 0 Å². The summed E-state index contributed by atoms with van der Waals surface area (Å²) in [4.78, 5) is 41.2. The third-order valence-electron chi connectivity index (χ3n) is 4.37. The molecule has 1 saturated carbocycles. The maximum Gasteiger partial charge on any atom is 0.323 e. The minimum absolute atomic E-state index is 0.306. The summed E-state index contributed by atoms with van der Waals surface area (Å²) in [5.74, 6) is 0.0507. The third-order valence-corrected chi connectivity index (χ3v) is 4.37. The van der Waals surface area contributed by atoms with Crippen LogP contribution in [0, 0.1) is 0 Å². The van der Waals surface area contributed by atoms with E-state index in [2.05, 4.69) is 20.4 Å². The number of aromatic nitrogens is 4. The molecule has 0 spiro atoms. The van der Waals surface area contributed by atoms with Gasteiger partial charge in [-0.3, -0.25) is 9.59 Å². The van der Waals surface area contributed by atoms with Crippen LogP contribution in [0.5, 0.6) is 0 Å². The molecule has 25 heavy (non-hydrogen) atoms. The van der Waals surface area contributed by atoms with Gasteiger partial charge >= 0.3 is 5.69 Å². The molecule has 1 atom stereocenters. The van der Waals surface area contributed by atoms with Crippen LogP contribution in [0.3, 0.4) is 0 Å². The van der Waals surface area contributed by atoms with Gasteiger partial charge in [0, 0.05) is 17.7 Å². The first-order valence-electron chi connectivity index (χ1n) is 8.14. The topological polar surface area (TPSA) is 113 Å². The highest BCUT2D eigenvalue weighted by Crippen LogP contribution is 2.38. The first-order valence-corrected chi connectivity index (χ1v) is 8.14. The summed E-state index contributed by atoms with van der Waals surface area (Å²) in [6.45, 7) is 1.64. The van der Waals surface area contributed by atoms with Gasteiger partial charge in [-0.1, -0.05) is 0 Å². The maximum absolute atomic E-state index is 12.5. The Balaban J connectivity index is 1.58. The van der Waals surface area contributed by atoms with Crippen molar-refractivity contribution in [2.45, 2.75) is 31.7 Å². The second kappa shape index (κ2) is 5.73. The molecule has 8 nitrogen and oxygen atoms in total. The van der Waals surface area contributed by atoms with Crippen LogP contribution in [-0.4, -0.2) is 25.7 Å². The van der Waals surface area contributed by atoms with Gasteiger partial charge in [-0.05, 0) is 44.0 Å². The van der Waals surface area contributed by atoms with Crippen LogP contribution in [0.4, 0.5) is 5.69 Å². The van der Waals surface area contributed by atoms with E-state index < -0.39 is 6.04 Å². The minimum Gasteiger partial charge on any atom is -0.324 e. The summed E-state index contributed by atoms with van der Waals surface area (Å²) >= 11 is 0. The highest BCUT2D eigenvalue weighted by molar-refractivity contribution is 5.95. The van der Waals surface area contributed by atoms with Gasteiger partial charge in [0.05, 0.1) is 16.7 Å². The number of carbonyl (C=O) groups excluding carboxylic acids is 1. The molecular formula is C17H17N5O3. The highest BCUT2D eigenvalue weighted by atomic mass is 16.2. The molecule has 4 rings (SSSR count). The van der Waals surface area contributed by atoms with E-state index in [1.807, 2.05) is 0 Å². The Morgan fingerprint density at radius 1 is 1.20 bits per heavy atom. The van der Waals surface area contributed by atoms with Crippen LogP contribution < -0.4 is 16.6 Å². The Morgan fingerprint density at radius 2 is 1.96 bits per heavy atom. The van der Waals surface area contributed by atoms with E-state index in [1.54, 1.807) is 31.2 Å². The number of hydrogen-bond donors (Lipinski definition) is 3. The molecule has 1 aromatic carbocycles. The zero-order valence-corrected chi connectivity index (χ0v) is 13.6. The van der Waals surface area contributed by atoms with Crippen LogP contribution >= 0.6 is 0 Å². The average molecular weight is 339 g/mol. The first-order chi connectivity index (χ1) is 12.0. The summed E-state index contributed by atoms with van der Waals surface area (Å²) in [5, 5.41) is 7.10. The monoisotopic (exact) mass is 339 g/mol. The molecule has 1 fully saturated rings. The molecule has 0 radical (unpaired) electrons. The number of carbonyl (C=O) groups is 1. The van der Waals surface area contributed by atoms with Crippen molar-refractivity contribution in [3.8, 4) is 0 Å². The zero-order chi connectivity index (χ0) is 17.6. The van der Waals surface area contributed by atoms with Crippen LogP contribution in [-0.2, 0) is 4.79 Å². The molecule has 2 heterocycles. The fraction of sp³-hybridized carbons (Fsp3) is 0.294. The fourth-order valence-corrected chi connectivity index (χ4v) is 2.78. The largest absolute Gasteiger partial charge is 0.324 e. The standard InChI is InChI=1S/C17H17N5O3/c1-9(22-15(23)7-6-12(21-22)10-2-3-10)16(24)18-11-4-5-13-14(8-11)20-17(25)19-13/h4-10H,2-3H2,1H3,(H,18,24)(H2,19,20,25). The Kier molecular flexibility index (Phi) is 3.52. The summed E-state index contributed by atoms with van der Waals surface area (Å²) in [6, 6.07) is 7.50. The van der Waals surface area contributed by atoms with Crippen LogP contribution in [0.2, 0.25) is 0 Å². The number of benzene rings is 1. The minimum atomic E-state index is -0.743. The number of nitrogens with one attached hydrogen (secondary N) is 3. The quantitative estimate of drug-likeness (QED) is 0.668. The molecule has 0 saturated heterocycles. The molecule has 2 aromatic heterocycles. The zero-order valence-electron chi connectivity index (χ0n) is 13.6. The van der Waals surface area contributed by atoms with Gasteiger partial charge in [-0.2, -0.15) is 5.10 Å². The van der Waals surface area contributed by atoms with Gasteiger partial charge in [0.1, 0.15) is 6.04 Å². The summed E-state index contributed by atoms with van der Waals surface area (Å²) < 4.78 is 1.22. The lowest BCUT2D eigenvalue weighted by molar-refractivity contribution is -0.119. The molecule has 0 bridgehead atoms. The first kappa shape index (κ1) is 15.4. The van der Waals surface area contributed by atoms with Crippen molar-refractivity contribution in [1.82, 2.24) is 19.7 Å². The third kappa shape index (κ3) is 2.98. The van der Waals surface area contributed by atoms with Crippen molar-refractivity contribution in [2.24, 2.45) is 0 Å². The number of anilines is 1. The van der Waals surface area contributed by atoms with E-state index in [1.165, 1.54) is 10.7 Å².